The van der Waals surface area contributed by atoms with E-state index in [9.17, 15) is 14.7 Å². The third kappa shape index (κ3) is 4.68. The summed E-state index contributed by atoms with van der Waals surface area (Å²) in [4.78, 5) is 32.5. The lowest BCUT2D eigenvalue weighted by Gasteiger charge is -2.24. The highest BCUT2D eigenvalue weighted by Gasteiger charge is 2.39. The van der Waals surface area contributed by atoms with E-state index in [0.29, 0.717) is 24.5 Å². The van der Waals surface area contributed by atoms with Crippen molar-refractivity contribution in [3.8, 4) is 23.0 Å². The zero-order valence-corrected chi connectivity index (χ0v) is 17.2. The molecule has 2 heterocycles. The summed E-state index contributed by atoms with van der Waals surface area (Å²) < 4.78 is 15.8. The number of aliphatic carboxylic acids is 1. The maximum atomic E-state index is 12.5. The molecular weight excluding hydrogens is 390 g/mol. The number of methoxy groups -OCH3 is 2. The average molecular weight is 415 g/mol. The summed E-state index contributed by atoms with van der Waals surface area (Å²) in [7, 11) is 2.98. The summed E-state index contributed by atoms with van der Waals surface area (Å²) in [5, 5.41) is 12.2. The van der Waals surface area contributed by atoms with Gasteiger partial charge in [-0.25, -0.2) is 9.78 Å². The molecule has 0 bridgehead atoms. The number of carboxylic acid groups (broad SMARTS) is 1. The Morgan fingerprint density at radius 1 is 1.27 bits per heavy atom. The number of carbonyl (C=O) groups is 2. The molecule has 1 unspecified atom stereocenters. The number of nitrogens with zero attached hydrogens (tertiary/aromatic N) is 2. The number of carboxylic acids is 1. The van der Waals surface area contributed by atoms with Gasteiger partial charge in [-0.05, 0) is 30.9 Å². The first-order valence-corrected chi connectivity index (χ1v) is 9.58. The third-order valence-electron chi connectivity index (χ3n) is 5.11. The van der Waals surface area contributed by atoms with Crippen molar-refractivity contribution in [1.29, 1.82) is 0 Å². The zero-order valence-electron chi connectivity index (χ0n) is 17.2. The Balaban J connectivity index is 1.73. The lowest BCUT2D eigenvalue weighted by Crippen LogP contribution is -2.51. The van der Waals surface area contributed by atoms with Crippen LogP contribution in [0.1, 0.15) is 25.3 Å². The monoisotopic (exact) mass is 415 g/mol. The van der Waals surface area contributed by atoms with E-state index in [4.69, 9.17) is 14.2 Å². The van der Waals surface area contributed by atoms with Crippen LogP contribution in [0.15, 0.2) is 30.5 Å². The Morgan fingerprint density at radius 2 is 2.00 bits per heavy atom. The molecular formula is C21H25N3O6. The molecule has 0 spiro atoms. The summed E-state index contributed by atoms with van der Waals surface area (Å²) >= 11 is 0. The van der Waals surface area contributed by atoms with Crippen molar-refractivity contribution in [3.05, 3.63) is 36.0 Å². The van der Waals surface area contributed by atoms with Gasteiger partial charge in [0.2, 0.25) is 5.88 Å². The quantitative estimate of drug-likeness (QED) is 0.670. The molecule has 1 aliphatic rings. The number of carbonyl (C=O) groups excluding carboxylic acids is 1. The molecule has 30 heavy (non-hydrogen) atoms. The van der Waals surface area contributed by atoms with E-state index in [2.05, 4.69) is 15.3 Å². The second kappa shape index (κ2) is 9.08. The van der Waals surface area contributed by atoms with Gasteiger partial charge >= 0.3 is 12.0 Å². The molecule has 2 atom stereocenters. The van der Waals surface area contributed by atoms with E-state index < -0.39 is 23.5 Å². The molecule has 1 fully saturated rings. The minimum Gasteiger partial charge on any atom is -0.480 e. The maximum absolute atomic E-state index is 12.5. The van der Waals surface area contributed by atoms with Gasteiger partial charge in [0.15, 0.2) is 0 Å². The summed E-state index contributed by atoms with van der Waals surface area (Å²) in [6.45, 7) is 2.19. The van der Waals surface area contributed by atoms with Crippen LogP contribution in [-0.4, -0.2) is 59.4 Å². The average Bonchev–Trinajstić information content (AvgIpc) is 3.21. The molecule has 3 rings (SSSR count). The molecule has 1 saturated heterocycles. The smallest absolute Gasteiger partial charge is 0.326 e. The van der Waals surface area contributed by atoms with E-state index >= 15 is 0 Å². The number of rotatable bonds is 8. The highest BCUT2D eigenvalue weighted by Crippen LogP contribution is 2.29. The molecule has 0 saturated carbocycles. The van der Waals surface area contributed by atoms with Crippen LogP contribution in [0.5, 0.6) is 11.9 Å². The zero-order chi connectivity index (χ0) is 21.7. The first kappa shape index (κ1) is 21.5. The molecule has 1 aromatic heterocycles. The van der Waals surface area contributed by atoms with Crippen LogP contribution in [-0.2, 0) is 20.7 Å². The van der Waals surface area contributed by atoms with E-state index in [1.54, 1.807) is 25.3 Å². The number of hydrogen-bond donors (Lipinski definition) is 2. The summed E-state index contributed by atoms with van der Waals surface area (Å²) in [5.41, 5.74) is 1.28. The van der Waals surface area contributed by atoms with Crippen LogP contribution in [0.4, 0.5) is 0 Å². The predicted molar refractivity (Wildman–Crippen MR) is 107 cm³/mol. The molecule has 2 aromatic rings. The standard InChI is InChI=1S/C21H25N3O6/c1-21(9-4-10-30-21)19(27)23-16(18(25)26)11-13-5-7-14(8-6-13)15-12-22-20(29-3)24-17(15)28-2/h5-8,12,16H,4,9-11H2,1-3H3,(H,23,27)(H,25,26)/t16-,21?/m0/s1. The molecule has 0 radical (unpaired) electrons. The lowest BCUT2D eigenvalue weighted by atomic mass is 9.99. The van der Waals surface area contributed by atoms with Gasteiger partial charge in [-0.15, -0.1) is 0 Å². The topological polar surface area (TPSA) is 120 Å². The number of ether oxygens (including phenoxy) is 3. The Labute approximate surface area is 174 Å². The van der Waals surface area contributed by atoms with Gasteiger partial charge in [0.25, 0.3) is 5.91 Å². The fraction of sp³-hybridized carbons (Fsp3) is 0.429. The van der Waals surface area contributed by atoms with Gasteiger partial charge in [-0.2, -0.15) is 4.98 Å². The van der Waals surface area contributed by atoms with Crippen LogP contribution in [0.2, 0.25) is 0 Å². The van der Waals surface area contributed by atoms with Crippen LogP contribution in [0, 0.1) is 0 Å². The van der Waals surface area contributed by atoms with Crippen LogP contribution in [0.3, 0.4) is 0 Å². The third-order valence-corrected chi connectivity index (χ3v) is 5.11. The molecule has 1 aliphatic heterocycles. The SMILES string of the molecule is COc1ncc(-c2ccc(C[C@H](NC(=O)C3(C)CCCO3)C(=O)O)cc2)c(OC)n1. The Bertz CT molecular complexity index is 909. The number of amides is 1. The Morgan fingerprint density at radius 3 is 2.57 bits per heavy atom. The lowest BCUT2D eigenvalue weighted by molar-refractivity contribution is -0.147. The van der Waals surface area contributed by atoms with Crippen LogP contribution in [0.25, 0.3) is 11.1 Å². The minimum absolute atomic E-state index is 0.147. The van der Waals surface area contributed by atoms with Gasteiger partial charge in [-0.3, -0.25) is 4.79 Å². The molecule has 9 heteroatoms. The Hall–Kier alpha value is -3.20. The van der Waals surface area contributed by atoms with Gasteiger partial charge in [0.1, 0.15) is 11.6 Å². The molecule has 1 aromatic carbocycles. The van der Waals surface area contributed by atoms with Crippen molar-refractivity contribution >= 4 is 11.9 Å². The second-order valence-corrected chi connectivity index (χ2v) is 7.23. The van der Waals surface area contributed by atoms with Crippen molar-refractivity contribution in [1.82, 2.24) is 15.3 Å². The fourth-order valence-corrected chi connectivity index (χ4v) is 3.33. The van der Waals surface area contributed by atoms with E-state index in [1.807, 2.05) is 12.1 Å². The highest BCUT2D eigenvalue weighted by atomic mass is 16.5. The van der Waals surface area contributed by atoms with Crippen molar-refractivity contribution in [3.63, 3.8) is 0 Å². The van der Waals surface area contributed by atoms with E-state index in [1.165, 1.54) is 14.2 Å². The van der Waals surface area contributed by atoms with Crippen LogP contribution >= 0.6 is 0 Å². The van der Waals surface area contributed by atoms with Gasteiger partial charge in [0.05, 0.1) is 19.8 Å². The second-order valence-electron chi connectivity index (χ2n) is 7.23. The van der Waals surface area contributed by atoms with Crippen molar-refractivity contribution in [2.45, 2.75) is 37.8 Å². The summed E-state index contributed by atoms with van der Waals surface area (Å²) in [6, 6.07) is 6.40. The predicted octanol–water partition coefficient (Wildman–Crippen LogP) is 1.84. The number of benzene rings is 1. The minimum atomic E-state index is -1.10. The number of hydrogen-bond acceptors (Lipinski definition) is 7. The van der Waals surface area contributed by atoms with Gasteiger partial charge in [-0.1, -0.05) is 24.3 Å². The molecule has 9 nitrogen and oxygen atoms in total. The molecule has 2 N–H and O–H groups in total. The summed E-state index contributed by atoms with van der Waals surface area (Å²) in [5.74, 6) is -1.13. The van der Waals surface area contributed by atoms with Crippen molar-refractivity contribution in [2.75, 3.05) is 20.8 Å². The van der Waals surface area contributed by atoms with Crippen molar-refractivity contribution < 1.29 is 28.9 Å². The molecule has 1 amide bonds. The normalized spacial score (nSPS) is 19.2. The summed E-state index contributed by atoms with van der Waals surface area (Å²) in [6.07, 6.45) is 3.10. The molecule has 160 valence electrons. The maximum Gasteiger partial charge on any atom is 0.326 e. The largest absolute Gasteiger partial charge is 0.480 e. The van der Waals surface area contributed by atoms with Gasteiger partial charge < -0.3 is 24.6 Å². The first-order chi connectivity index (χ1) is 14.4. The number of nitrogens with one attached hydrogen (secondary N) is 1. The van der Waals surface area contributed by atoms with Crippen molar-refractivity contribution in [2.24, 2.45) is 0 Å². The van der Waals surface area contributed by atoms with E-state index in [0.717, 1.165) is 17.5 Å². The highest BCUT2D eigenvalue weighted by molar-refractivity contribution is 5.89. The van der Waals surface area contributed by atoms with E-state index in [-0.39, 0.29) is 12.4 Å². The van der Waals surface area contributed by atoms with Crippen LogP contribution < -0.4 is 14.8 Å². The number of aromatic nitrogens is 2. The van der Waals surface area contributed by atoms with Gasteiger partial charge in [0, 0.05) is 19.2 Å². The fourth-order valence-electron chi connectivity index (χ4n) is 3.33. The Kier molecular flexibility index (Phi) is 6.51. The first-order valence-electron chi connectivity index (χ1n) is 9.58. The molecule has 0 aliphatic carbocycles.